The summed E-state index contributed by atoms with van der Waals surface area (Å²) in [5.74, 6) is 0.705. The van der Waals surface area contributed by atoms with E-state index in [1.807, 2.05) is 42.5 Å². The summed E-state index contributed by atoms with van der Waals surface area (Å²) in [6, 6.07) is 26.3. The van der Waals surface area contributed by atoms with Gasteiger partial charge in [-0.25, -0.2) is 4.79 Å². The van der Waals surface area contributed by atoms with Crippen LogP contribution in [0.25, 0.3) is 22.1 Å². The normalized spacial score (nSPS) is 14.0. The molecule has 0 spiro atoms. The van der Waals surface area contributed by atoms with Gasteiger partial charge in [-0.1, -0.05) is 42.5 Å². The van der Waals surface area contributed by atoms with E-state index < -0.39 is 17.6 Å². The zero-order valence-electron chi connectivity index (χ0n) is 22.1. The molecule has 0 aliphatic carbocycles. The van der Waals surface area contributed by atoms with E-state index in [1.165, 1.54) is 6.07 Å². The highest BCUT2D eigenvalue weighted by Crippen LogP contribution is 2.40. The maximum absolute atomic E-state index is 13.2. The Balaban J connectivity index is 1.30. The zero-order chi connectivity index (χ0) is 28.5. The van der Waals surface area contributed by atoms with E-state index in [-0.39, 0.29) is 22.9 Å². The van der Waals surface area contributed by atoms with Crippen LogP contribution in [0.3, 0.4) is 0 Å². The Morgan fingerprint density at radius 1 is 0.878 bits per heavy atom. The molecule has 0 saturated heterocycles. The molecule has 0 fully saturated rings. The lowest BCUT2D eigenvalue weighted by atomic mass is 10.0. The van der Waals surface area contributed by atoms with Gasteiger partial charge in [0.1, 0.15) is 28.6 Å². The van der Waals surface area contributed by atoms with Gasteiger partial charge in [-0.15, -0.1) is 0 Å². The van der Waals surface area contributed by atoms with Crippen LogP contribution in [0.5, 0.6) is 17.2 Å². The minimum Gasteiger partial charge on any atom is -0.497 e. The molecule has 4 aromatic carbocycles. The number of amides is 2. The quantitative estimate of drug-likeness (QED) is 0.258. The van der Waals surface area contributed by atoms with Gasteiger partial charge in [0.25, 0.3) is 11.8 Å². The first kappa shape index (κ1) is 25.7. The van der Waals surface area contributed by atoms with Crippen molar-refractivity contribution < 1.29 is 28.2 Å². The summed E-state index contributed by atoms with van der Waals surface area (Å²) in [4.78, 5) is 39.0. The molecule has 1 atom stereocenters. The molecule has 41 heavy (non-hydrogen) atoms. The van der Waals surface area contributed by atoms with E-state index in [0.717, 1.165) is 5.56 Å². The monoisotopic (exact) mass is 548 g/mol. The number of hydrogen-bond donors (Lipinski definition) is 2. The Bertz CT molecular complexity index is 1860. The highest BCUT2D eigenvalue weighted by Gasteiger charge is 2.31. The van der Waals surface area contributed by atoms with Gasteiger partial charge in [0, 0.05) is 22.1 Å². The van der Waals surface area contributed by atoms with Crippen LogP contribution < -0.4 is 30.5 Å². The summed E-state index contributed by atoms with van der Waals surface area (Å²) in [7, 11) is 3.13. The largest absolute Gasteiger partial charge is 0.497 e. The number of rotatable bonds is 6. The number of anilines is 2. The number of fused-ring (bicyclic) bond motifs is 3. The highest BCUT2D eigenvalue weighted by atomic mass is 16.5. The standard InChI is InChI=1S/C32H24N2O7/c1-38-22-10-6-9-19(15-22)23-16-21(12-13-25(23)39-2)30(35)33-24-17-20-11-14-26-27(28(20)41-32(24)37)34-31(36)29(40-26)18-7-4-3-5-8-18/h3-17,29H,1-2H3,(H,33,35)(H,34,36). The Labute approximate surface area is 234 Å². The third kappa shape index (κ3) is 4.85. The van der Waals surface area contributed by atoms with Gasteiger partial charge in [-0.3, -0.25) is 9.59 Å². The van der Waals surface area contributed by atoms with Crippen molar-refractivity contribution in [3.05, 3.63) is 113 Å². The van der Waals surface area contributed by atoms with Crippen LogP contribution in [-0.4, -0.2) is 26.0 Å². The maximum Gasteiger partial charge on any atom is 0.360 e. The molecule has 1 aliphatic rings. The number of methoxy groups -OCH3 is 2. The van der Waals surface area contributed by atoms with Crippen LogP contribution in [0.2, 0.25) is 0 Å². The van der Waals surface area contributed by atoms with Crippen LogP contribution in [0.4, 0.5) is 11.4 Å². The van der Waals surface area contributed by atoms with Gasteiger partial charge >= 0.3 is 5.63 Å². The van der Waals surface area contributed by atoms with Crippen LogP contribution in [0, 0.1) is 0 Å². The highest BCUT2D eigenvalue weighted by molar-refractivity contribution is 6.08. The average Bonchev–Trinajstić information content (AvgIpc) is 3.01. The molecule has 0 bridgehead atoms. The fraction of sp³-hybridized carbons (Fsp3) is 0.0938. The van der Waals surface area contributed by atoms with Crippen molar-refractivity contribution in [1.82, 2.24) is 0 Å². The summed E-state index contributed by atoms with van der Waals surface area (Å²) in [5.41, 5.74) is 2.06. The van der Waals surface area contributed by atoms with E-state index >= 15 is 0 Å². The molecule has 2 amide bonds. The molecule has 9 heteroatoms. The van der Waals surface area contributed by atoms with Crippen molar-refractivity contribution in [2.24, 2.45) is 0 Å². The van der Waals surface area contributed by atoms with Crippen molar-refractivity contribution in [2.45, 2.75) is 6.10 Å². The van der Waals surface area contributed by atoms with Crippen LogP contribution in [0.1, 0.15) is 22.0 Å². The molecule has 9 nitrogen and oxygen atoms in total. The third-order valence-electron chi connectivity index (χ3n) is 6.79. The van der Waals surface area contributed by atoms with E-state index in [4.69, 9.17) is 18.6 Å². The number of nitrogens with one attached hydrogen (secondary N) is 2. The molecule has 2 heterocycles. The summed E-state index contributed by atoms with van der Waals surface area (Å²) in [5, 5.41) is 5.94. The molecule has 0 radical (unpaired) electrons. The molecular weight excluding hydrogens is 524 g/mol. The topological polar surface area (TPSA) is 116 Å². The van der Waals surface area contributed by atoms with Crippen molar-refractivity contribution in [3.8, 4) is 28.4 Å². The molecular formula is C32H24N2O7. The molecule has 204 valence electrons. The van der Waals surface area contributed by atoms with Crippen molar-refractivity contribution >= 4 is 34.2 Å². The van der Waals surface area contributed by atoms with E-state index in [0.29, 0.717) is 39.3 Å². The van der Waals surface area contributed by atoms with E-state index in [9.17, 15) is 14.4 Å². The van der Waals surface area contributed by atoms with Crippen LogP contribution in [0.15, 0.2) is 100 Å². The Kier molecular flexibility index (Phi) is 6.60. The first-order valence-corrected chi connectivity index (χ1v) is 12.7. The fourth-order valence-electron chi connectivity index (χ4n) is 4.75. The lowest BCUT2D eigenvalue weighted by molar-refractivity contribution is -0.123. The first-order valence-electron chi connectivity index (χ1n) is 12.7. The van der Waals surface area contributed by atoms with Gasteiger partial charge in [-0.05, 0) is 54.1 Å². The Hall–Kier alpha value is -5.57. The second-order valence-electron chi connectivity index (χ2n) is 9.30. The average molecular weight is 549 g/mol. The van der Waals surface area contributed by atoms with Crippen molar-refractivity contribution in [1.29, 1.82) is 0 Å². The summed E-state index contributed by atoms with van der Waals surface area (Å²) in [6.45, 7) is 0. The molecule has 2 N–H and O–H groups in total. The number of benzene rings is 4. The summed E-state index contributed by atoms with van der Waals surface area (Å²) >= 11 is 0. The van der Waals surface area contributed by atoms with E-state index in [2.05, 4.69) is 10.6 Å². The lowest BCUT2D eigenvalue weighted by Crippen LogP contribution is -2.30. The van der Waals surface area contributed by atoms with Gasteiger partial charge in [0.2, 0.25) is 6.10 Å². The summed E-state index contributed by atoms with van der Waals surface area (Å²) in [6.07, 6.45) is -0.835. The SMILES string of the molecule is COc1cccc(-c2cc(C(=O)Nc3cc4ccc5c(c4oc3=O)NC(=O)C(c3ccccc3)O5)ccc2OC)c1. The predicted molar refractivity (Wildman–Crippen MR) is 154 cm³/mol. The first-order chi connectivity index (χ1) is 19.9. The van der Waals surface area contributed by atoms with Gasteiger partial charge in [0.15, 0.2) is 5.58 Å². The van der Waals surface area contributed by atoms with E-state index in [1.54, 1.807) is 56.7 Å². The number of carbonyl (C=O) groups is 2. The van der Waals surface area contributed by atoms with Gasteiger partial charge in [0.05, 0.1) is 14.2 Å². The smallest absolute Gasteiger partial charge is 0.360 e. The molecule has 1 aromatic heterocycles. The fourth-order valence-corrected chi connectivity index (χ4v) is 4.75. The molecule has 1 aliphatic heterocycles. The minimum atomic E-state index is -0.835. The molecule has 0 saturated carbocycles. The number of carbonyl (C=O) groups excluding carboxylic acids is 2. The van der Waals surface area contributed by atoms with Crippen molar-refractivity contribution in [3.63, 3.8) is 0 Å². The zero-order valence-corrected chi connectivity index (χ0v) is 22.1. The predicted octanol–water partition coefficient (Wildman–Crippen LogP) is 5.80. The Morgan fingerprint density at radius 3 is 2.49 bits per heavy atom. The second-order valence-corrected chi connectivity index (χ2v) is 9.30. The van der Waals surface area contributed by atoms with Gasteiger partial charge < -0.3 is 29.3 Å². The van der Waals surface area contributed by atoms with Crippen LogP contribution >= 0.6 is 0 Å². The number of ether oxygens (including phenoxy) is 3. The lowest BCUT2D eigenvalue weighted by Gasteiger charge is -2.26. The number of hydrogen-bond acceptors (Lipinski definition) is 7. The second kappa shape index (κ2) is 10.5. The molecule has 5 aromatic rings. The Morgan fingerprint density at radius 2 is 1.71 bits per heavy atom. The molecule has 6 rings (SSSR count). The summed E-state index contributed by atoms with van der Waals surface area (Å²) < 4.78 is 22.3. The maximum atomic E-state index is 13.2. The van der Waals surface area contributed by atoms with Crippen LogP contribution in [-0.2, 0) is 4.79 Å². The van der Waals surface area contributed by atoms with Crippen molar-refractivity contribution in [2.75, 3.05) is 24.9 Å². The third-order valence-corrected chi connectivity index (χ3v) is 6.79. The minimum absolute atomic E-state index is 0.0496. The van der Waals surface area contributed by atoms with Gasteiger partial charge in [-0.2, -0.15) is 0 Å². The molecule has 1 unspecified atom stereocenters.